The number of amides is 1. The standard InChI is InChI=1S/C29H35N3OS/c1-22-7-17-28(18-8-22)34-21-29(33)32(20-24-11-9-23(10-12-24)19-31-30)27-15-13-26(14-16-27)25-5-3-2-4-6-25/h7-18,25,31H,2-6,19-21,30H2,1H3. The number of hydrogen-bond donors (Lipinski definition) is 2. The number of anilines is 1. The van der Waals surface area contributed by atoms with Crippen molar-refractivity contribution in [3.8, 4) is 0 Å². The van der Waals surface area contributed by atoms with Crippen LogP contribution in [-0.4, -0.2) is 11.7 Å². The van der Waals surface area contributed by atoms with Crippen molar-refractivity contribution < 1.29 is 4.79 Å². The van der Waals surface area contributed by atoms with Crippen molar-refractivity contribution in [1.29, 1.82) is 0 Å². The third kappa shape index (κ3) is 6.72. The average molecular weight is 474 g/mol. The van der Waals surface area contributed by atoms with Gasteiger partial charge in [-0.1, -0.05) is 73.4 Å². The van der Waals surface area contributed by atoms with Gasteiger partial charge in [-0.15, -0.1) is 11.8 Å². The molecule has 1 saturated carbocycles. The second-order valence-corrected chi connectivity index (χ2v) is 10.3. The first-order valence-electron chi connectivity index (χ1n) is 12.2. The number of rotatable bonds is 9. The molecule has 0 bridgehead atoms. The highest BCUT2D eigenvalue weighted by Crippen LogP contribution is 2.33. The van der Waals surface area contributed by atoms with E-state index in [1.165, 1.54) is 43.2 Å². The van der Waals surface area contributed by atoms with Crippen LogP contribution in [0.15, 0.2) is 77.7 Å². The van der Waals surface area contributed by atoms with Gasteiger partial charge in [-0.3, -0.25) is 16.1 Å². The Morgan fingerprint density at radius 2 is 1.56 bits per heavy atom. The molecule has 0 saturated heterocycles. The molecule has 1 amide bonds. The molecule has 178 valence electrons. The van der Waals surface area contributed by atoms with Crippen molar-refractivity contribution in [2.75, 3.05) is 10.7 Å². The van der Waals surface area contributed by atoms with Gasteiger partial charge in [0.05, 0.1) is 12.3 Å². The highest BCUT2D eigenvalue weighted by atomic mass is 32.2. The fourth-order valence-corrected chi connectivity index (χ4v) is 5.38. The van der Waals surface area contributed by atoms with Crippen LogP contribution < -0.4 is 16.2 Å². The van der Waals surface area contributed by atoms with Crippen LogP contribution in [0.25, 0.3) is 0 Å². The van der Waals surface area contributed by atoms with E-state index in [1.54, 1.807) is 11.8 Å². The first kappa shape index (κ1) is 24.5. The predicted octanol–water partition coefficient (Wildman–Crippen LogP) is 6.33. The van der Waals surface area contributed by atoms with E-state index in [-0.39, 0.29) is 5.91 Å². The molecule has 4 rings (SSSR count). The number of hydrazine groups is 1. The van der Waals surface area contributed by atoms with Crippen molar-refractivity contribution in [2.45, 2.75) is 62.9 Å². The third-order valence-electron chi connectivity index (χ3n) is 6.64. The molecule has 0 aliphatic heterocycles. The highest BCUT2D eigenvalue weighted by molar-refractivity contribution is 8.00. The molecule has 3 aromatic rings. The van der Waals surface area contributed by atoms with E-state index >= 15 is 0 Å². The molecule has 3 N–H and O–H groups in total. The van der Waals surface area contributed by atoms with Crippen molar-refractivity contribution in [3.63, 3.8) is 0 Å². The van der Waals surface area contributed by atoms with Gasteiger partial charge in [-0.25, -0.2) is 0 Å². The molecule has 34 heavy (non-hydrogen) atoms. The summed E-state index contributed by atoms with van der Waals surface area (Å²) >= 11 is 1.59. The number of aryl methyl sites for hydroxylation is 1. The van der Waals surface area contributed by atoms with Crippen LogP contribution in [0, 0.1) is 6.92 Å². The topological polar surface area (TPSA) is 58.4 Å². The number of carbonyl (C=O) groups excluding carboxylic acids is 1. The second kappa shape index (κ2) is 12.2. The van der Waals surface area contributed by atoms with Crippen LogP contribution in [-0.2, 0) is 17.9 Å². The monoisotopic (exact) mass is 473 g/mol. The minimum absolute atomic E-state index is 0.115. The van der Waals surface area contributed by atoms with Gasteiger partial charge < -0.3 is 4.90 Å². The molecule has 0 spiro atoms. The lowest BCUT2D eigenvalue weighted by Gasteiger charge is -2.25. The molecule has 0 radical (unpaired) electrons. The van der Waals surface area contributed by atoms with E-state index in [9.17, 15) is 4.79 Å². The lowest BCUT2D eigenvalue weighted by Crippen LogP contribution is -2.32. The second-order valence-electron chi connectivity index (χ2n) is 9.21. The molecule has 0 aromatic heterocycles. The Labute approximate surface area is 207 Å². The van der Waals surface area contributed by atoms with E-state index in [0.717, 1.165) is 21.7 Å². The fraction of sp³-hybridized carbons (Fsp3) is 0.345. The van der Waals surface area contributed by atoms with Crippen LogP contribution in [0.4, 0.5) is 5.69 Å². The molecule has 0 atom stereocenters. The highest BCUT2D eigenvalue weighted by Gasteiger charge is 2.19. The van der Waals surface area contributed by atoms with Crippen LogP contribution in [0.3, 0.4) is 0 Å². The molecule has 3 aromatic carbocycles. The number of benzene rings is 3. The van der Waals surface area contributed by atoms with Crippen molar-refractivity contribution in [3.05, 3.63) is 95.1 Å². The Kier molecular flexibility index (Phi) is 8.80. The fourth-order valence-electron chi connectivity index (χ4n) is 4.61. The van der Waals surface area contributed by atoms with Crippen molar-refractivity contribution in [2.24, 2.45) is 5.84 Å². The van der Waals surface area contributed by atoms with E-state index in [0.29, 0.717) is 24.8 Å². The van der Waals surface area contributed by atoms with Gasteiger partial charge in [0.15, 0.2) is 0 Å². The lowest BCUT2D eigenvalue weighted by atomic mass is 9.84. The van der Waals surface area contributed by atoms with E-state index in [1.807, 2.05) is 4.90 Å². The molecule has 1 fully saturated rings. The zero-order valence-corrected chi connectivity index (χ0v) is 20.8. The summed E-state index contributed by atoms with van der Waals surface area (Å²) in [7, 11) is 0. The van der Waals surface area contributed by atoms with Crippen LogP contribution >= 0.6 is 11.8 Å². The Balaban J connectivity index is 1.51. The SMILES string of the molecule is Cc1ccc(SCC(=O)N(Cc2ccc(CNN)cc2)c2ccc(C3CCCCC3)cc2)cc1. The number of nitrogens with one attached hydrogen (secondary N) is 1. The van der Waals surface area contributed by atoms with Gasteiger partial charge in [-0.2, -0.15) is 0 Å². The molecule has 1 aliphatic carbocycles. The van der Waals surface area contributed by atoms with Gasteiger partial charge in [0.25, 0.3) is 0 Å². The maximum absolute atomic E-state index is 13.4. The van der Waals surface area contributed by atoms with E-state index < -0.39 is 0 Å². The van der Waals surface area contributed by atoms with Gasteiger partial charge in [0, 0.05) is 17.1 Å². The van der Waals surface area contributed by atoms with Gasteiger partial charge in [-0.05, 0) is 66.6 Å². The van der Waals surface area contributed by atoms with Gasteiger partial charge in [0.1, 0.15) is 0 Å². The largest absolute Gasteiger partial charge is 0.307 e. The minimum atomic E-state index is 0.115. The molecule has 1 aliphatic rings. The Morgan fingerprint density at radius 1 is 0.912 bits per heavy atom. The summed E-state index contributed by atoms with van der Waals surface area (Å²) in [6.45, 7) is 3.25. The lowest BCUT2D eigenvalue weighted by molar-refractivity contribution is -0.116. The third-order valence-corrected chi connectivity index (χ3v) is 7.63. The Hall–Kier alpha value is -2.60. The number of hydrogen-bond acceptors (Lipinski definition) is 4. The maximum atomic E-state index is 13.4. The molecular weight excluding hydrogens is 438 g/mol. The zero-order chi connectivity index (χ0) is 23.8. The summed E-state index contributed by atoms with van der Waals surface area (Å²) in [5, 5.41) is 0. The Bertz CT molecular complexity index is 1040. The zero-order valence-electron chi connectivity index (χ0n) is 20.0. The Morgan fingerprint density at radius 3 is 2.21 bits per heavy atom. The van der Waals surface area contributed by atoms with Crippen LogP contribution in [0.1, 0.15) is 60.3 Å². The number of thioether (sulfide) groups is 1. The van der Waals surface area contributed by atoms with Gasteiger partial charge >= 0.3 is 0 Å². The predicted molar refractivity (Wildman–Crippen MR) is 143 cm³/mol. The first-order valence-corrected chi connectivity index (χ1v) is 13.2. The summed E-state index contributed by atoms with van der Waals surface area (Å²) in [6.07, 6.45) is 6.56. The maximum Gasteiger partial charge on any atom is 0.237 e. The average Bonchev–Trinajstić information content (AvgIpc) is 2.88. The summed E-state index contributed by atoms with van der Waals surface area (Å²) in [5.41, 5.74) is 8.50. The summed E-state index contributed by atoms with van der Waals surface area (Å²) in [4.78, 5) is 16.5. The quantitative estimate of drug-likeness (QED) is 0.217. The number of nitrogens with two attached hydrogens (primary N) is 1. The molecule has 0 unspecified atom stereocenters. The molecule has 0 heterocycles. The smallest absolute Gasteiger partial charge is 0.237 e. The van der Waals surface area contributed by atoms with Crippen molar-refractivity contribution in [1.82, 2.24) is 5.43 Å². The van der Waals surface area contributed by atoms with Gasteiger partial charge in [0.2, 0.25) is 5.91 Å². The summed E-state index contributed by atoms with van der Waals surface area (Å²) in [6, 6.07) is 25.4. The molecular formula is C29H35N3OS. The van der Waals surface area contributed by atoms with E-state index in [2.05, 4.69) is 85.1 Å². The number of nitrogens with zero attached hydrogens (tertiary/aromatic N) is 1. The van der Waals surface area contributed by atoms with Crippen molar-refractivity contribution >= 4 is 23.4 Å². The van der Waals surface area contributed by atoms with E-state index in [4.69, 9.17) is 5.84 Å². The van der Waals surface area contributed by atoms with Crippen LogP contribution in [0.5, 0.6) is 0 Å². The summed E-state index contributed by atoms with van der Waals surface area (Å²) < 4.78 is 0. The molecule has 4 nitrogen and oxygen atoms in total. The normalized spacial score (nSPS) is 14.2. The summed E-state index contributed by atoms with van der Waals surface area (Å²) in [5.74, 6) is 6.63. The minimum Gasteiger partial charge on any atom is -0.307 e. The van der Waals surface area contributed by atoms with Crippen LogP contribution in [0.2, 0.25) is 0 Å². The number of carbonyl (C=O) groups is 1. The molecule has 5 heteroatoms. The first-order chi connectivity index (χ1) is 16.6.